The molecule has 0 bridgehead atoms. The number of morpholine rings is 2. The first kappa shape index (κ1) is 53.3. The Hall–Kier alpha value is -6.31. The average Bonchev–Trinajstić information content (AvgIpc) is 3.22. The molecule has 0 unspecified atom stereocenters. The Morgan fingerprint density at radius 2 is 1.16 bits per heavy atom. The van der Waals surface area contributed by atoms with Gasteiger partial charge in [-0.25, -0.2) is 19.2 Å². The van der Waals surface area contributed by atoms with Gasteiger partial charge in [0.25, 0.3) is 0 Å². The second-order valence-corrected chi connectivity index (χ2v) is 18.4. The average molecular weight is 941 g/mol. The van der Waals surface area contributed by atoms with Crippen LogP contribution in [0.5, 0.6) is 28.7 Å². The monoisotopic (exact) mass is 940 g/mol. The van der Waals surface area contributed by atoms with Gasteiger partial charge < -0.3 is 62.7 Å². The van der Waals surface area contributed by atoms with Gasteiger partial charge >= 0.3 is 24.1 Å². The molecule has 2 amide bonds. The highest BCUT2D eigenvalue weighted by molar-refractivity contribution is 5.97. The standard InChI is InChI=1S/C20H27NO7.C10H19NO4.C10H10O4.C8H8O2/c1-19(2,3)28-18(23)21-9-10-24-11-13(21)12-25-14-7-6-8-15-16(14)17(22)27-20(4,5)26-15;1-10(2,3)15-9(13)11-4-5-14-7-8(11)6-12;1-10(2)13-7-5-3-4-6(11)8(7)9(12)14-10;9-6-5-7-3-1-2-4-8(7)10/h6-8,13H,9-12H2,1-5H3;8,12H,4-7H2,1-3H3;3-5,11H,1-2H3;1-4,6,10H,5H2/t13-;8-;;/m01../s1. The van der Waals surface area contributed by atoms with E-state index >= 15 is 0 Å². The fraction of sp³-hybridized carbons (Fsp3) is 0.521. The number of amides is 2. The van der Waals surface area contributed by atoms with Crippen molar-refractivity contribution in [2.45, 2.75) is 111 Å². The van der Waals surface area contributed by atoms with Gasteiger partial charge in [0.15, 0.2) is 0 Å². The van der Waals surface area contributed by atoms with Gasteiger partial charge in [-0.05, 0) is 71.9 Å². The normalized spacial score (nSPS) is 19.1. The number of para-hydroxylation sites is 1. The topological polar surface area (TPSA) is 236 Å². The third-order valence-electron chi connectivity index (χ3n) is 9.44. The van der Waals surface area contributed by atoms with Gasteiger partial charge in [0.05, 0.1) is 45.1 Å². The number of hydrogen-bond acceptors (Lipinski definition) is 17. The number of nitrogens with zero attached hydrogens (tertiary/aromatic N) is 2. The number of rotatable bonds is 6. The molecular weight excluding hydrogens is 877 g/mol. The highest BCUT2D eigenvalue weighted by Gasteiger charge is 2.38. The number of benzene rings is 3. The largest absolute Gasteiger partial charge is 0.508 e. The fourth-order valence-electron chi connectivity index (χ4n) is 6.53. The lowest BCUT2D eigenvalue weighted by Crippen LogP contribution is -2.52. The molecular formula is C48H64N2O17. The second-order valence-electron chi connectivity index (χ2n) is 18.4. The lowest BCUT2D eigenvalue weighted by molar-refractivity contribution is -0.128. The van der Waals surface area contributed by atoms with E-state index in [0.29, 0.717) is 62.3 Å². The number of cyclic esters (lactones) is 2. The number of carbonyl (C=O) groups is 5. The van der Waals surface area contributed by atoms with Gasteiger partial charge in [0, 0.05) is 52.8 Å². The first-order chi connectivity index (χ1) is 31.3. The Bertz CT molecular complexity index is 2180. The highest BCUT2D eigenvalue weighted by atomic mass is 16.7. The minimum Gasteiger partial charge on any atom is -0.508 e. The number of aldehydes is 1. The van der Waals surface area contributed by atoms with Crippen LogP contribution in [0.4, 0.5) is 9.59 Å². The molecule has 0 spiro atoms. The van der Waals surface area contributed by atoms with E-state index in [1.807, 2.05) is 41.5 Å². The van der Waals surface area contributed by atoms with E-state index in [4.69, 9.17) is 52.8 Å². The minimum atomic E-state index is -1.03. The van der Waals surface area contributed by atoms with Crippen LogP contribution >= 0.6 is 0 Å². The number of aliphatic hydroxyl groups excluding tert-OH is 1. The lowest BCUT2D eigenvalue weighted by atomic mass is 10.1. The molecule has 19 heteroatoms. The quantitative estimate of drug-likeness (QED) is 0.137. The zero-order chi connectivity index (χ0) is 49.7. The summed E-state index contributed by atoms with van der Waals surface area (Å²) in [6.07, 6.45) is 0.260. The number of fused-ring (bicyclic) bond motifs is 2. The molecule has 2 atom stereocenters. The van der Waals surface area contributed by atoms with Crippen LogP contribution in [-0.2, 0) is 39.6 Å². The van der Waals surface area contributed by atoms with Crippen LogP contribution in [0.1, 0.15) is 95.5 Å². The van der Waals surface area contributed by atoms with Gasteiger partial charge in [0.1, 0.15) is 64.0 Å². The molecule has 0 aromatic heterocycles. The highest BCUT2D eigenvalue weighted by Crippen LogP contribution is 2.38. The maximum atomic E-state index is 12.5. The molecule has 0 aliphatic carbocycles. The van der Waals surface area contributed by atoms with Crippen molar-refractivity contribution in [3.63, 3.8) is 0 Å². The summed E-state index contributed by atoms with van der Waals surface area (Å²) < 4.78 is 48.6. The predicted molar refractivity (Wildman–Crippen MR) is 240 cm³/mol. The molecule has 4 aliphatic rings. The zero-order valence-corrected chi connectivity index (χ0v) is 39.8. The van der Waals surface area contributed by atoms with Crippen LogP contribution in [0.25, 0.3) is 0 Å². The first-order valence-corrected chi connectivity index (χ1v) is 21.7. The van der Waals surface area contributed by atoms with Crippen molar-refractivity contribution in [2.24, 2.45) is 0 Å². The van der Waals surface area contributed by atoms with Crippen molar-refractivity contribution >= 4 is 30.4 Å². The smallest absolute Gasteiger partial charge is 0.410 e. The van der Waals surface area contributed by atoms with Gasteiger partial charge in [-0.15, -0.1) is 0 Å². The van der Waals surface area contributed by atoms with Crippen LogP contribution in [0.3, 0.4) is 0 Å². The summed E-state index contributed by atoms with van der Waals surface area (Å²) in [5.41, 5.74) is -0.0885. The number of esters is 2. The van der Waals surface area contributed by atoms with Gasteiger partial charge in [-0.3, -0.25) is 9.80 Å². The fourth-order valence-corrected chi connectivity index (χ4v) is 6.53. The predicted octanol–water partition coefficient (Wildman–Crippen LogP) is 6.41. The van der Waals surface area contributed by atoms with Crippen molar-refractivity contribution in [1.29, 1.82) is 0 Å². The van der Waals surface area contributed by atoms with Crippen LogP contribution in [-0.4, -0.2) is 143 Å². The van der Waals surface area contributed by atoms with E-state index in [-0.39, 0.29) is 60.4 Å². The van der Waals surface area contributed by atoms with Crippen molar-refractivity contribution < 1.29 is 81.9 Å². The number of aliphatic hydroxyl groups is 1. The Morgan fingerprint density at radius 3 is 1.69 bits per heavy atom. The first-order valence-electron chi connectivity index (χ1n) is 21.7. The van der Waals surface area contributed by atoms with Crippen LogP contribution in [0.15, 0.2) is 60.7 Å². The van der Waals surface area contributed by atoms with E-state index in [1.54, 1.807) is 87.2 Å². The third kappa shape index (κ3) is 16.2. The Morgan fingerprint density at radius 1 is 0.687 bits per heavy atom. The molecule has 3 N–H and O–H groups in total. The molecule has 4 aliphatic heterocycles. The maximum absolute atomic E-state index is 12.5. The number of aromatic hydroxyl groups is 2. The molecule has 7 rings (SSSR count). The van der Waals surface area contributed by atoms with E-state index < -0.39 is 40.8 Å². The molecule has 2 saturated heterocycles. The van der Waals surface area contributed by atoms with Gasteiger partial charge in [0.2, 0.25) is 11.6 Å². The van der Waals surface area contributed by atoms with Crippen LogP contribution < -0.4 is 14.2 Å². The lowest BCUT2D eigenvalue weighted by Gasteiger charge is -2.36. The summed E-state index contributed by atoms with van der Waals surface area (Å²) in [5.74, 6) is -1.91. The molecule has 368 valence electrons. The second kappa shape index (κ2) is 22.9. The van der Waals surface area contributed by atoms with Crippen molar-refractivity contribution in [1.82, 2.24) is 9.80 Å². The Labute approximate surface area is 390 Å². The van der Waals surface area contributed by atoms with Crippen molar-refractivity contribution in [3.05, 3.63) is 77.4 Å². The molecule has 4 heterocycles. The Kier molecular flexibility index (Phi) is 18.2. The molecule has 0 saturated carbocycles. The van der Waals surface area contributed by atoms with E-state index in [9.17, 15) is 29.1 Å². The van der Waals surface area contributed by atoms with Crippen molar-refractivity contribution in [3.8, 4) is 28.7 Å². The number of hydrogen-bond donors (Lipinski definition) is 3. The maximum Gasteiger partial charge on any atom is 0.410 e. The van der Waals surface area contributed by atoms with E-state index in [0.717, 1.165) is 6.29 Å². The molecule has 2 fully saturated rings. The minimum absolute atomic E-state index is 0.0897. The third-order valence-corrected chi connectivity index (χ3v) is 9.44. The summed E-state index contributed by atoms with van der Waals surface area (Å²) in [5, 5.41) is 27.6. The molecule has 3 aromatic rings. The zero-order valence-electron chi connectivity index (χ0n) is 39.8. The molecule has 3 aromatic carbocycles. The SMILES string of the molecule is CC(C)(C)OC(=O)N1CCOC[C@H]1CO.CC(C)(C)OC(=O)N1CCOC[C@H]1COc1cccc2c1C(=O)OC(C)(C)O2.CC1(C)OC(=O)c2c(O)cccc2O1.O=CCc1ccccc1O. The van der Waals surface area contributed by atoms with Crippen LogP contribution in [0, 0.1) is 0 Å². The number of carbonyl (C=O) groups excluding carboxylic acids is 5. The number of ether oxygens (including phenoxy) is 9. The summed E-state index contributed by atoms with van der Waals surface area (Å²) in [6.45, 7) is 20.1. The van der Waals surface area contributed by atoms with Gasteiger partial charge in [-0.2, -0.15) is 0 Å². The van der Waals surface area contributed by atoms with Crippen LogP contribution in [0.2, 0.25) is 0 Å². The van der Waals surface area contributed by atoms with Gasteiger partial charge in [-0.1, -0.05) is 30.3 Å². The molecule has 19 nitrogen and oxygen atoms in total. The summed E-state index contributed by atoms with van der Waals surface area (Å²) in [4.78, 5) is 61.2. The number of phenols is 2. The summed E-state index contributed by atoms with van der Waals surface area (Å²) >= 11 is 0. The molecule has 67 heavy (non-hydrogen) atoms. The molecule has 0 radical (unpaired) electrons. The van der Waals surface area contributed by atoms with Crippen molar-refractivity contribution in [2.75, 3.05) is 52.7 Å². The van der Waals surface area contributed by atoms with E-state index in [1.165, 1.54) is 11.0 Å². The van der Waals surface area contributed by atoms with E-state index in [2.05, 4.69) is 0 Å². The summed E-state index contributed by atoms with van der Waals surface area (Å²) in [6, 6.07) is 16.0. The Balaban J connectivity index is 0.000000212. The number of phenolic OH excluding ortho intramolecular Hbond substituents is 2. The summed E-state index contributed by atoms with van der Waals surface area (Å²) in [7, 11) is 0.